The number of ether oxygens (including phenoxy) is 1. The first-order chi connectivity index (χ1) is 8.45. The number of carbonyl (C=O) groups is 1. The molecule has 0 bridgehead atoms. The number of rotatable bonds is 5. The van der Waals surface area contributed by atoms with Gasteiger partial charge in [0.05, 0.1) is 25.1 Å². The van der Waals surface area contributed by atoms with Crippen LogP contribution in [0.5, 0.6) is 0 Å². The molecule has 0 aromatic carbocycles. The molecule has 0 aliphatic heterocycles. The van der Waals surface area contributed by atoms with Crippen LogP contribution in [-0.2, 0) is 16.1 Å². The number of methoxy groups -OCH3 is 1. The monoisotopic (exact) mass is 319 g/mol. The molecule has 1 heterocycles. The first kappa shape index (κ1) is 14.7. The van der Waals surface area contributed by atoms with Crippen LogP contribution < -0.4 is 10.9 Å². The summed E-state index contributed by atoms with van der Waals surface area (Å²) in [4.78, 5) is 22.9. The fourth-order valence-corrected chi connectivity index (χ4v) is 1.59. The lowest BCUT2D eigenvalue weighted by molar-refractivity contribution is -0.141. The maximum absolute atomic E-state index is 11.8. The first-order valence-corrected chi connectivity index (χ1v) is 5.99. The van der Waals surface area contributed by atoms with Gasteiger partial charge in [-0.25, -0.2) is 4.68 Å². The van der Waals surface area contributed by atoms with Gasteiger partial charge >= 0.3 is 5.97 Å². The van der Waals surface area contributed by atoms with Crippen molar-refractivity contribution in [1.82, 2.24) is 9.78 Å². The summed E-state index contributed by atoms with van der Waals surface area (Å²) in [6.45, 7) is 1.66. The van der Waals surface area contributed by atoms with Crippen LogP contribution in [0.1, 0.15) is 6.92 Å². The number of nitrogens with zero attached hydrogens (tertiary/aromatic N) is 2. The van der Waals surface area contributed by atoms with E-state index in [0.29, 0.717) is 12.2 Å². The molecule has 0 fully saturated rings. The van der Waals surface area contributed by atoms with Crippen molar-refractivity contribution in [1.29, 1.82) is 0 Å². The molecule has 7 nitrogen and oxygen atoms in total. The Hall–Kier alpha value is -1.41. The van der Waals surface area contributed by atoms with Crippen molar-refractivity contribution in [3.05, 3.63) is 21.0 Å². The summed E-state index contributed by atoms with van der Waals surface area (Å²) >= 11 is 3.12. The van der Waals surface area contributed by atoms with Gasteiger partial charge in [0.2, 0.25) is 0 Å². The van der Waals surface area contributed by atoms with Crippen molar-refractivity contribution in [3.8, 4) is 0 Å². The summed E-state index contributed by atoms with van der Waals surface area (Å²) in [7, 11) is 1.24. The fourth-order valence-electron chi connectivity index (χ4n) is 1.15. The molecule has 0 radical (unpaired) electrons. The van der Waals surface area contributed by atoms with Gasteiger partial charge in [-0.15, -0.1) is 0 Å². The fraction of sp³-hybridized carbons (Fsp3) is 0.500. The van der Waals surface area contributed by atoms with Crippen molar-refractivity contribution in [2.45, 2.75) is 19.6 Å². The number of carbonyl (C=O) groups excluding carboxylic acids is 1. The highest BCUT2D eigenvalue weighted by Gasteiger charge is 2.11. The van der Waals surface area contributed by atoms with Crippen LogP contribution in [0.25, 0.3) is 0 Å². The third kappa shape index (κ3) is 3.81. The number of halogens is 1. The second kappa shape index (κ2) is 6.50. The molecule has 0 saturated heterocycles. The summed E-state index contributed by atoms with van der Waals surface area (Å²) in [5.41, 5.74) is 0.0120. The lowest BCUT2D eigenvalue weighted by Gasteiger charge is -2.11. The van der Waals surface area contributed by atoms with Gasteiger partial charge in [-0.1, -0.05) is 0 Å². The molecule has 0 aliphatic carbocycles. The van der Waals surface area contributed by atoms with Crippen molar-refractivity contribution < 1.29 is 14.6 Å². The molecule has 1 aromatic rings. The quantitative estimate of drug-likeness (QED) is 0.740. The highest BCUT2D eigenvalue weighted by Crippen LogP contribution is 2.15. The van der Waals surface area contributed by atoms with E-state index in [4.69, 9.17) is 5.11 Å². The Morgan fingerprint density at radius 3 is 2.94 bits per heavy atom. The lowest BCUT2D eigenvalue weighted by Crippen LogP contribution is -2.29. The minimum Gasteiger partial charge on any atom is -0.468 e. The van der Waals surface area contributed by atoms with Crippen LogP contribution in [0, 0.1) is 0 Å². The predicted molar refractivity (Wildman–Crippen MR) is 68.4 cm³/mol. The lowest BCUT2D eigenvalue weighted by atomic mass is 10.4. The molecule has 1 aromatic heterocycles. The topological polar surface area (TPSA) is 93.5 Å². The Kier molecular flexibility index (Phi) is 5.29. The minimum absolute atomic E-state index is 0.245. The van der Waals surface area contributed by atoms with E-state index in [0.717, 1.165) is 4.68 Å². The summed E-state index contributed by atoms with van der Waals surface area (Å²) in [5.74, 6) is -0.554. The molecule has 8 heteroatoms. The Bertz CT molecular complexity index is 487. The predicted octanol–water partition coefficient (Wildman–Crippen LogP) is -0.0285. The van der Waals surface area contributed by atoms with Crippen LogP contribution in [0.3, 0.4) is 0 Å². The molecule has 1 unspecified atom stereocenters. The minimum atomic E-state index is -0.554. The molecule has 100 valence electrons. The van der Waals surface area contributed by atoms with E-state index in [9.17, 15) is 9.59 Å². The van der Waals surface area contributed by atoms with Crippen molar-refractivity contribution in [2.24, 2.45) is 0 Å². The van der Waals surface area contributed by atoms with Crippen molar-refractivity contribution in [2.75, 3.05) is 19.0 Å². The first-order valence-electron chi connectivity index (χ1n) is 5.20. The number of nitrogens with one attached hydrogen (secondary N) is 1. The normalized spacial score (nSPS) is 12.0. The molecule has 0 amide bonds. The van der Waals surface area contributed by atoms with Gasteiger partial charge in [0.25, 0.3) is 5.56 Å². The second-order valence-corrected chi connectivity index (χ2v) is 4.43. The number of aliphatic hydroxyl groups is 1. The van der Waals surface area contributed by atoms with Crippen molar-refractivity contribution >= 4 is 27.6 Å². The SMILES string of the molecule is COC(=O)Cn1ncc(NCC(C)O)c(Br)c1=O. The molecular weight excluding hydrogens is 306 g/mol. The van der Waals surface area contributed by atoms with Crippen molar-refractivity contribution in [3.63, 3.8) is 0 Å². The van der Waals surface area contributed by atoms with Gasteiger partial charge in [-0.05, 0) is 22.9 Å². The van der Waals surface area contributed by atoms with Gasteiger partial charge in [-0.2, -0.15) is 5.10 Å². The number of anilines is 1. The van der Waals surface area contributed by atoms with E-state index >= 15 is 0 Å². The standard InChI is InChI=1S/C10H14BrN3O4/c1-6(15)3-12-7-4-13-14(5-8(16)18-2)10(17)9(7)11/h4,6,12,15H,3,5H2,1-2H3. The smallest absolute Gasteiger partial charge is 0.327 e. The highest BCUT2D eigenvalue weighted by molar-refractivity contribution is 9.10. The van der Waals surface area contributed by atoms with Crippen LogP contribution in [0.15, 0.2) is 15.5 Å². The van der Waals surface area contributed by atoms with E-state index in [1.807, 2.05) is 0 Å². The van der Waals surface area contributed by atoms with Crippen LogP contribution in [-0.4, -0.2) is 40.6 Å². The van der Waals surface area contributed by atoms with E-state index in [1.54, 1.807) is 6.92 Å². The third-order valence-electron chi connectivity index (χ3n) is 2.08. The number of aromatic nitrogens is 2. The average molecular weight is 320 g/mol. The van der Waals surface area contributed by atoms with Gasteiger partial charge < -0.3 is 15.2 Å². The molecule has 0 spiro atoms. The number of hydrogen-bond acceptors (Lipinski definition) is 6. The largest absolute Gasteiger partial charge is 0.468 e. The summed E-state index contributed by atoms with van der Waals surface area (Å²) in [6, 6.07) is 0. The maximum Gasteiger partial charge on any atom is 0.327 e. The molecule has 18 heavy (non-hydrogen) atoms. The van der Waals surface area contributed by atoms with Gasteiger partial charge in [0.15, 0.2) is 0 Å². The number of hydrogen-bond donors (Lipinski definition) is 2. The molecule has 0 aliphatic rings. The average Bonchev–Trinajstić information content (AvgIpc) is 2.33. The Morgan fingerprint density at radius 2 is 2.39 bits per heavy atom. The summed E-state index contributed by atoms with van der Waals surface area (Å²) in [6.07, 6.45) is 0.853. The van der Waals surface area contributed by atoms with Gasteiger partial charge in [-0.3, -0.25) is 9.59 Å². The van der Waals surface area contributed by atoms with Crippen LogP contribution in [0.4, 0.5) is 5.69 Å². The van der Waals surface area contributed by atoms with E-state index in [2.05, 4.69) is 31.1 Å². The Morgan fingerprint density at radius 1 is 1.72 bits per heavy atom. The molecule has 1 rings (SSSR count). The summed E-state index contributed by atoms with van der Waals surface area (Å²) < 4.78 is 5.70. The maximum atomic E-state index is 11.8. The third-order valence-corrected chi connectivity index (χ3v) is 2.85. The molecule has 2 N–H and O–H groups in total. The highest BCUT2D eigenvalue weighted by atomic mass is 79.9. The Labute approximate surface area is 112 Å². The van der Waals surface area contributed by atoms with E-state index < -0.39 is 17.6 Å². The van der Waals surface area contributed by atoms with Crippen LogP contribution in [0.2, 0.25) is 0 Å². The van der Waals surface area contributed by atoms with Gasteiger partial charge in [0.1, 0.15) is 11.0 Å². The summed E-state index contributed by atoms with van der Waals surface area (Å²) in [5, 5.41) is 15.8. The zero-order valence-corrected chi connectivity index (χ0v) is 11.6. The zero-order chi connectivity index (χ0) is 13.7. The van der Waals surface area contributed by atoms with E-state index in [1.165, 1.54) is 13.3 Å². The molecule has 0 saturated carbocycles. The number of aliphatic hydroxyl groups excluding tert-OH is 1. The van der Waals surface area contributed by atoms with Gasteiger partial charge in [0, 0.05) is 6.54 Å². The molecule has 1 atom stereocenters. The second-order valence-electron chi connectivity index (χ2n) is 3.64. The molecular formula is C10H14BrN3O4. The van der Waals surface area contributed by atoms with Crippen LogP contribution >= 0.6 is 15.9 Å². The zero-order valence-electron chi connectivity index (χ0n) is 10.0. The van der Waals surface area contributed by atoms with E-state index in [-0.39, 0.29) is 11.0 Å². The Balaban J connectivity index is 2.91. The number of esters is 1.